The van der Waals surface area contributed by atoms with Crippen LogP contribution in [-0.2, 0) is 11.2 Å². The van der Waals surface area contributed by atoms with Crippen molar-refractivity contribution >= 4 is 23.5 Å². The van der Waals surface area contributed by atoms with E-state index in [1.54, 1.807) is 0 Å². The highest BCUT2D eigenvalue weighted by molar-refractivity contribution is 6.30. The normalized spacial score (nSPS) is 18.2. The Kier molecular flexibility index (Phi) is 6.74. The summed E-state index contributed by atoms with van der Waals surface area (Å²) in [7, 11) is 0. The maximum atomic E-state index is 12.3. The van der Waals surface area contributed by atoms with Crippen LogP contribution in [0.1, 0.15) is 18.4 Å². The van der Waals surface area contributed by atoms with Crippen LogP contribution in [0.4, 0.5) is 4.79 Å². The second-order valence-corrected chi connectivity index (χ2v) is 7.40. The summed E-state index contributed by atoms with van der Waals surface area (Å²) in [5.74, 6) is 0.224. The fourth-order valence-corrected chi connectivity index (χ4v) is 3.70. The fraction of sp³-hybridized carbons (Fsp3) is 0.579. The molecule has 2 heterocycles. The lowest BCUT2D eigenvalue weighted by atomic mass is 10.1. The van der Waals surface area contributed by atoms with Crippen molar-refractivity contribution in [3.05, 3.63) is 34.9 Å². The molecule has 2 aliphatic heterocycles. The Morgan fingerprint density at radius 1 is 1.00 bits per heavy atom. The number of halogens is 1. The smallest absolute Gasteiger partial charge is 0.317 e. The first-order valence-corrected chi connectivity index (χ1v) is 9.77. The number of carbonyl (C=O) groups excluding carboxylic acids is 2. The molecular weight excluding hydrogens is 352 g/mol. The Hall–Kier alpha value is -1.79. The topological polar surface area (TPSA) is 55.9 Å². The predicted octanol–water partition coefficient (Wildman–Crippen LogP) is 1.83. The number of piperazine rings is 1. The van der Waals surface area contributed by atoms with E-state index in [2.05, 4.69) is 10.2 Å². The first-order valence-electron chi connectivity index (χ1n) is 9.39. The lowest BCUT2D eigenvalue weighted by Crippen LogP contribution is -2.53. The molecular formula is C19H27ClN4O2. The molecule has 0 atom stereocenters. The standard InChI is InChI=1S/C19H27ClN4O2/c20-17-5-3-4-16(14-17)6-7-21-19(26)24-12-10-22(11-13-24)15-18(25)23-8-1-2-9-23/h3-5,14H,1-2,6-13,15H2,(H,21,26). The molecule has 0 aliphatic carbocycles. The molecule has 26 heavy (non-hydrogen) atoms. The fourth-order valence-electron chi connectivity index (χ4n) is 3.48. The molecule has 3 rings (SSSR count). The quantitative estimate of drug-likeness (QED) is 0.850. The molecule has 6 nitrogen and oxygen atoms in total. The van der Waals surface area contributed by atoms with Gasteiger partial charge in [-0.2, -0.15) is 0 Å². The van der Waals surface area contributed by atoms with E-state index in [1.807, 2.05) is 34.1 Å². The number of nitrogens with one attached hydrogen (secondary N) is 1. The average Bonchev–Trinajstić information content (AvgIpc) is 3.17. The van der Waals surface area contributed by atoms with E-state index < -0.39 is 0 Å². The second-order valence-electron chi connectivity index (χ2n) is 6.96. The van der Waals surface area contributed by atoms with Crippen molar-refractivity contribution in [2.45, 2.75) is 19.3 Å². The van der Waals surface area contributed by atoms with Crippen LogP contribution in [0, 0.1) is 0 Å². The van der Waals surface area contributed by atoms with Crippen LogP contribution in [0.2, 0.25) is 5.02 Å². The summed E-state index contributed by atoms with van der Waals surface area (Å²) in [6.45, 7) is 5.69. The van der Waals surface area contributed by atoms with Crippen LogP contribution in [-0.4, -0.2) is 79.0 Å². The van der Waals surface area contributed by atoms with Gasteiger partial charge in [0.2, 0.25) is 5.91 Å². The highest BCUT2D eigenvalue weighted by Crippen LogP contribution is 2.11. The summed E-state index contributed by atoms with van der Waals surface area (Å²) in [6, 6.07) is 7.66. The molecule has 1 aromatic carbocycles. The van der Waals surface area contributed by atoms with E-state index in [-0.39, 0.29) is 11.9 Å². The van der Waals surface area contributed by atoms with E-state index in [1.165, 1.54) is 0 Å². The van der Waals surface area contributed by atoms with Gasteiger partial charge < -0.3 is 15.1 Å². The minimum Gasteiger partial charge on any atom is -0.342 e. The first-order chi connectivity index (χ1) is 12.6. The Balaban J connectivity index is 1.34. The van der Waals surface area contributed by atoms with Gasteiger partial charge in [0, 0.05) is 50.8 Å². The molecule has 0 aromatic heterocycles. The Morgan fingerprint density at radius 3 is 2.42 bits per heavy atom. The summed E-state index contributed by atoms with van der Waals surface area (Å²) in [5.41, 5.74) is 1.11. The van der Waals surface area contributed by atoms with Gasteiger partial charge in [-0.05, 0) is 37.0 Å². The molecule has 0 radical (unpaired) electrons. The number of likely N-dealkylation sites (tertiary alicyclic amines) is 1. The Labute approximate surface area is 160 Å². The lowest BCUT2D eigenvalue weighted by Gasteiger charge is -2.35. The average molecular weight is 379 g/mol. The number of amides is 3. The van der Waals surface area contributed by atoms with Crippen molar-refractivity contribution in [2.24, 2.45) is 0 Å². The van der Waals surface area contributed by atoms with Gasteiger partial charge in [-0.3, -0.25) is 9.69 Å². The maximum absolute atomic E-state index is 12.3. The zero-order chi connectivity index (χ0) is 18.4. The number of urea groups is 1. The molecule has 0 saturated carbocycles. The van der Waals surface area contributed by atoms with Crippen molar-refractivity contribution in [1.29, 1.82) is 0 Å². The van der Waals surface area contributed by atoms with Crippen molar-refractivity contribution in [3.63, 3.8) is 0 Å². The predicted molar refractivity (Wildman–Crippen MR) is 102 cm³/mol. The third kappa shape index (κ3) is 5.35. The van der Waals surface area contributed by atoms with E-state index in [9.17, 15) is 9.59 Å². The number of hydrogen-bond donors (Lipinski definition) is 1. The summed E-state index contributed by atoms with van der Waals surface area (Å²) >= 11 is 5.97. The zero-order valence-electron chi connectivity index (χ0n) is 15.1. The summed E-state index contributed by atoms with van der Waals surface area (Å²) < 4.78 is 0. The Morgan fingerprint density at radius 2 is 1.73 bits per heavy atom. The minimum absolute atomic E-state index is 0.0300. The van der Waals surface area contributed by atoms with Crippen LogP contribution in [0.15, 0.2) is 24.3 Å². The monoisotopic (exact) mass is 378 g/mol. The SMILES string of the molecule is O=C(CN1CCN(C(=O)NCCc2cccc(Cl)c2)CC1)N1CCCC1. The van der Waals surface area contributed by atoms with Crippen molar-refractivity contribution < 1.29 is 9.59 Å². The number of benzene rings is 1. The lowest BCUT2D eigenvalue weighted by molar-refractivity contribution is -0.131. The van der Waals surface area contributed by atoms with Gasteiger partial charge in [-0.15, -0.1) is 0 Å². The molecule has 1 N–H and O–H groups in total. The van der Waals surface area contributed by atoms with Gasteiger partial charge in [-0.25, -0.2) is 4.79 Å². The van der Waals surface area contributed by atoms with Gasteiger partial charge >= 0.3 is 6.03 Å². The summed E-state index contributed by atoms with van der Waals surface area (Å²) in [4.78, 5) is 30.4. The van der Waals surface area contributed by atoms with Crippen molar-refractivity contribution in [2.75, 3.05) is 52.4 Å². The zero-order valence-corrected chi connectivity index (χ0v) is 15.9. The van der Waals surface area contributed by atoms with E-state index in [0.29, 0.717) is 31.2 Å². The molecule has 0 unspecified atom stereocenters. The molecule has 7 heteroatoms. The van der Waals surface area contributed by atoms with Gasteiger partial charge in [0.05, 0.1) is 6.54 Å². The summed E-state index contributed by atoms with van der Waals surface area (Å²) in [6.07, 6.45) is 3.00. The van der Waals surface area contributed by atoms with Crippen LogP contribution in [0.25, 0.3) is 0 Å². The Bertz CT molecular complexity index is 626. The molecule has 0 bridgehead atoms. The van der Waals surface area contributed by atoms with Crippen molar-refractivity contribution in [3.8, 4) is 0 Å². The third-order valence-corrected chi connectivity index (χ3v) is 5.29. The number of nitrogens with zero attached hydrogens (tertiary/aromatic N) is 3. The molecule has 3 amide bonds. The molecule has 0 spiro atoms. The van der Waals surface area contributed by atoms with E-state index in [0.717, 1.165) is 51.0 Å². The first kappa shape index (κ1) is 19.0. The van der Waals surface area contributed by atoms with Crippen LogP contribution < -0.4 is 5.32 Å². The van der Waals surface area contributed by atoms with Gasteiger partial charge in [0.15, 0.2) is 0 Å². The number of hydrogen-bond acceptors (Lipinski definition) is 3. The molecule has 1 aromatic rings. The minimum atomic E-state index is -0.0300. The maximum Gasteiger partial charge on any atom is 0.317 e. The summed E-state index contributed by atoms with van der Waals surface area (Å²) in [5, 5.41) is 3.69. The highest BCUT2D eigenvalue weighted by atomic mass is 35.5. The number of rotatable bonds is 5. The molecule has 142 valence electrons. The van der Waals surface area contributed by atoms with Crippen LogP contribution in [0.5, 0.6) is 0 Å². The van der Waals surface area contributed by atoms with E-state index in [4.69, 9.17) is 11.6 Å². The van der Waals surface area contributed by atoms with Crippen LogP contribution in [0.3, 0.4) is 0 Å². The van der Waals surface area contributed by atoms with E-state index >= 15 is 0 Å². The molecule has 2 aliphatic rings. The molecule has 2 saturated heterocycles. The van der Waals surface area contributed by atoms with Gasteiger partial charge in [0.25, 0.3) is 0 Å². The van der Waals surface area contributed by atoms with Crippen molar-refractivity contribution in [1.82, 2.24) is 20.0 Å². The van der Waals surface area contributed by atoms with Gasteiger partial charge in [-0.1, -0.05) is 23.7 Å². The number of carbonyl (C=O) groups is 2. The van der Waals surface area contributed by atoms with Crippen LogP contribution >= 0.6 is 11.6 Å². The second kappa shape index (κ2) is 9.24. The largest absolute Gasteiger partial charge is 0.342 e. The molecule has 2 fully saturated rings. The third-order valence-electron chi connectivity index (χ3n) is 5.06. The highest BCUT2D eigenvalue weighted by Gasteiger charge is 2.25. The van der Waals surface area contributed by atoms with Gasteiger partial charge in [0.1, 0.15) is 0 Å².